The number of fused-ring (bicyclic) bond motifs is 3. The predicted molar refractivity (Wildman–Crippen MR) is 146 cm³/mol. The van der Waals surface area contributed by atoms with Gasteiger partial charge in [-0.05, 0) is 48.2 Å². The number of aryl methyl sites for hydroxylation is 2. The molecule has 9 nitrogen and oxygen atoms in total. The van der Waals surface area contributed by atoms with Gasteiger partial charge in [-0.3, -0.25) is 18.7 Å². The first-order valence-corrected chi connectivity index (χ1v) is 12.2. The normalized spacial score (nSPS) is 15.0. The summed E-state index contributed by atoms with van der Waals surface area (Å²) in [5, 5.41) is 0. The van der Waals surface area contributed by atoms with Crippen molar-refractivity contribution in [3.63, 3.8) is 0 Å². The van der Waals surface area contributed by atoms with Gasteiger partial charge in [-0.25, -0.2) is 4.79 Å². The highest BCUT2D eigenvalue weighted by atomic mass is 16.2. The topological polar surface area (TPSA) is 85.4 Å². The van der Waals surface area contributed by atoms with Gasteiger partial charge in [-0.15, -0.1) is 0 Å². The second-order valence-electron chi connectivity index (χ2n) is 9.69. The summed E-state index contributed by atoms with van der Waals surface area (Å²) in [5.41, 5.74) is 3.53. The Hall–Kier alpha value is -4.40. The molecule has 1 aliphatic rings. The molecule has 0 aliphatic carbocycles. The average Bonchev–Trinajstić information content (AvgIpc) is 3.29. The van der Waals surface area contributed by atoms with Crippen LogP contribution in [0, 0.1) is 12.8 Å². The van der Waals surface area contributed by atoms with E-state index in [0.29, 0.717) is 30.2 Å². The lowest BCUT2D eigenvalue weighted by molar-refractivity contribution is -0.113. The molecule has 0 saturated heterocycles. The number of imidazole rings is 1. The Kier molecular flexibility index (Phi) is 6.07. The Labute approximate surface area is 214 Å². The monoisotopic (exact) mass is 498 g/mol. The molecule has 1 amide bonds. The van der Waals surface area contributed by atoms with E-state index in [9.17, 15) is 14.4 Å². The fourth-order valence-electron chi connectivity index (χ4n) is 4.95. The number of rotatable bonds is 5. The summed E-state index contributed by atoms with van der Waals surface area (Å²) >= 11 is 0. The van der Waals surface area contributed by atoms with Crippen molar-refractivity contribution in [1.82, 2.24) is 18.7 Å². The zero-order chi connectivity index (χ0) is 26.4. The summed E-state index contributed by atoms with van der Waals surface area (Å²) in [6.07, 6.45) is 1.28. The van der Waals surface area contributed by atoms with Gasteiger partial charge in [0.25, 0.3) is 5.56 Å². The fraction of sp³-hybridized carbons (Fsp3) is 0.286. The molecule has 4 aromatic rings. The lowest BCUT2D eigenvalue weighted by Crippen LogP contribution is -2.40. The Morgan fingerprint density at radius 1 is 1.16 bits per heavy atom. The highest BCUT2D eigenvalue weighted by Gasteiger charge is 2.30. The van der Waals surface area contributed by atoms with Crippen molar-refractivity contribution in [1.29, 1.82) is 0 Å². The molecule has 0 spiro atoms. The maximum absolute atomic E-state index is 13.8. The van der Waals surface area contributed by atoms with Crippen LogP contribution in [0.5, 0.6) is 0 Å². The van der Waals surface area contributed by atoms with Crippen molar-refractivity contribution < 1.29 is 4.79 Å². The van der Waals surface area contributed by atoms with Gasteiger partial charge in [0, 0.05) is 38.6 Å². The van der Waals surface area contributed by atoms with Crippen LogP contribution >= 0.6 is 0 Å². The molecular formula is C28H30N6O3. The first-order chi connectivity index (χ1) is 17.7. The standard InChI is InChI=1S/C28H30N6O3/c1-6-23(35)30(4)21-12-9-13-22(14-21)32-15-18(2)16-33-24-25(29-27(32)33)31(5)28(37)34(26(24)36)17-20-11-8-7-10-19(20)3/h6-14,18H,1,15-17H2,2-5H3. The zero-order valence-electron chi connectivity index (χ0n) is 21.5. The molecular weight excluding hydrogens is 468 g/mol. The Bertz CT molecular complexity index is 1660. The van der Waals surface area contributed by atoms with Crippen LogP contribution in [0.1, 0.15) is 18.1 Å². The summed E-state index contributed by atoms with van der Waals surface area (Å²) < 4.78 is 4.67. The SMILES string of the molecule is C=CC(=O)N(C)c1cccc(N2CC(C)Cn3c2nc2c3c(=O)n(Cc3ccccc3C)c(=O)n2C)c1. The van der Waals surface area contributed by atoms with Crippen LogP contribution in [-0.2, 0) is 24.9 Å². The van der Waals surface area contributed by atoms with E-state index >= 15 is 0 Å². The summed E-state index contributed by atoms with van der Waals surface area (Å²) in [6, 6.07) is 15.4. The molecule has 0 radical (unpaired) electrons. The largest absolute Gasteiger partial charge is 0.332 e. The van der Waals surface area contributed by atoms with Crippen LogP contribution in [-0.4, -0.2) is 38.2 Å². The van der Waals surface area contributed by atoms with Gasteiger partial charge in [-0.1, -0.05) is 43.8 Å². The Morgan fingerprint density at radius 2 is 1.92 bits per heavy atom. The van der Waals surface area contributed by atoms with Crippen LogP contribution in [0.15, 0.2) is 70.8 Å². The molecule has 9 heteroatoms. The number of benzene rings is 2. The van der Waals surface area contributed by atoms with Crippen LogP contribution in [0.25, 0.3) is 11.2 Å². The molecule has 37 heavy (non-hydrogen) atoms. The van der Waals surface area contributed by atoms with E-state index in [0.717, 1.165) is 22.5 Å². The van der Waals surface area contributed by atoms with E-state index in [2.05, 4.69) is 13.5 Å². The molecule has 0 N–H and O–H groups in total. The lowest BCUT2D eigenvalue weighted by Gasteiger charge is -2.33. The number of aromatic nitrogens is 4. The number of carbonyl (C=O) groups is 1. The van der Waals surface area contributed by atoms with E-state index in [1.807, 2.05) is 64.9 Å². The Morgan fingerprint density at radius 3 is 2.65 bits per heavy atom. The van der Waals surface area contributed by atoms with Crippen LogP contribution < -0.4 is 21.0 Å². The molecule has 0 saturated carbocycles. The molecule has 1 aliphatic heterocycles. The number of anilines is 3. The molecule has 1 atom stereocenters. The second-order valence-corrected chi connectivity index (χ2v) is 9.69. The van der Waals surface area contributed by atoms with Crippen LogP contribution in [0.4, 0.5) is 17.3 Å². The van der Waals surface area contributed by atoms with E-state index in [4.69, 9.17) is 4.98 Å². The van der Waals surface area contributed by atoms with Crippen molar-refractivity contribution >= 4 is 34.4 Å². The number of amides is 1. The molecule has 0 bridgehead atoms. The van der Waals surface area contributed by atoms with Gasteiger partial charge >= 0.3 is 5.69 Å². The molecule has 2 aromatic heterocycles. The number of nitrogens with zero attached hydrogens (tertiary/aromatic N) is 6. The van der Waals surface area contributed by atoms with Gasteiger partial charge in [0.2, 0.25) is 11.9 Å². The van der Waals surface area contributed by atoms with Crippen LogP contribution in [0.2, 0.25) is 0 Å². The third-order valence-corrected chi connectivity index (χ3v) is 7.07. The predicted octanol–water partition coefficient (Wildman–Crippen LogP) is 3.19. The minimum atomic E-state index is -0.401. The highest BCUT2D eigenvalue weighted by Crippen LogP contribution is 2.34. The van der Waals surface area contributed by atoms with Crippen LogP contribution in [0.3, 0.4) is 0 Å². The van der Waals surface area contributed by atoms with E-state index in [-0.39, 0.29) is 23.9 Å². The van der Waals surface area contributed by atoms with E-state index < -0.39 is 5.69 Å². The Balaban J connectivity index is 1.67. The van der Waals surface area contributed by atoms with Gasteiger partial charge in [0.1, 0.15) is 0 Å². The zero-order valence-corrected chi connectivity index (χ0v) is 21.5. The van der Waals surface area contributed by atoms with Crippen molar-refractivity contribution in [3.8, 4) is 0 Å². The first kappa shape index (κ1) is 24.3. The lowest BCUT2D eigenvalue weighted by atomic mass is 10.1. The fourth-order valence-corrected chi connectivity index (χ4v) is 4.95. The van der Waals surface area contributed by atoms with Crippen molar-refractivity contribution in [2.75, 3.05) is 23.4 Å². The van der Waals surface area contributed by atoms with E-state index in [1.165, 1.54) is 20.1 Å². The average molecular weight is 499 g/mol. The van der Waals surface area contributed by atoms with E-state index in [1.54, 1.807) is 14.1 Å². The third kappa shape index (κ3) is 4.06. The highest BCUT2D eigenvalue weighted by molar-refractivity contribution is 6.01. The maximum atomic E-state index is 13.8. The van der Waals surface area contributed by atoms with Gasteiger partial charge in [-0.2, -0.15) is 4.98 Å². The number of hydrogen-bond donors (Lipinski definition) is 0. The summed E-state index contributed by atoms with van der Waals surface area (Å²) in [4.78, 5) is 47.6. The molecule has 1 unspecified atom stereocenters. The summed E-state index contributed by atoms with van der Waals surface area (Å²) in [5.74, 6) is 0.604. The van der Waals surface area contributed by atoms with Crippen molar-refractivity contribution in [2.24, 2.45) is 13.0 Å². The molecule has 5 rings (SSSR count). The van der Waals surface area contributed by atoms with Gasteiger partial charge < -0.3 is 14.4 Å². The summed E-state index contributed by atoms with van der Waals surface area (Å²) in [7, 11) is 3.35. The number of carbonyl (C=O) groups excluding carboxylic acids is 1. The molecule has 190 valence electrons. The second kappa shape index (κ2) is 9.24. The smallest absolute Gasteiger partial charge is 0.312 e. The number of likely N-dealkylation sites (N-methyl/N-ethyl adjacent to an activating group) is 1. The molecule has 2 aromatic carbocycles. The molecule has 3 heterocycles. The quantitative estimate of drug-likeness (QED) is 0.395. The molecule has 0 fully saturated rings. The van der Waals surface area contributed by atoms with Crippen molar-refractivity contribution in [3.05, 3.63) is 93.2 Å². The minimum Gasteiger partial charge on any atom is -0.312 e. The maximum Gasteiger partial charge on any atom is 0.332 e. The first-order valence-electron chi connectivity index (χ1n) is 12.2. The minimum absolute atomic E-state index is 0.194. The van der Waals surface area contributed by atoms with Gasteiger partial charge in [0.15, 0.2) is 11.2 Å². The number of hydrogen-bond acceptors (Lipinski definition) is 5. The summed E-state index contributed by atoms with van der Waals surface area (Å²) in [6.45, 7) is 9.14. The van der Waals surface area contributed by atoms with Crippen molar-refractivity contribution in [2.45, 2.75) is 26.9 Å². The van der Waals surface area contributed by atoms with Gasteiger partial charge in [0.05, 0.1) is 6.54 Å². The third-order valence-electron chi connectivity index (χ3n) is 7.07.